The van der Waals surface area contributed by atoms with Gasteiger partial charge >= 0.3 is 0 Å². The van der Waals surface area contributed by atoms with E-state index in [4.69, 9.17) is 0 Å². The minimum atomic E-state index is -1.49. The lowest BCUT2D eigenvalue weighted by Crippen LogP contribution is -2.45. The standard InChI is InChI=1S/C27H28Si/c1-19-12-11-13-23(18-19)26-20(2)21(3)27(22(26)4)28(24-14-7-5-8-15-24)25-16-9-6-10-17-25/h5-18,22,28H,1-4H3. The van der Waals surface area contributed by atoms with E-state index < -0.39 is 8.80 Å². The second-order valence-corrected chi connectivity index (χ2v) is 10.8. The molecule has 0 bridgehead atoms. The molecular weight excluding hydrogens is 352 g/mol. The average molecular weight is 381 g/mol. The summed E-state index contributed by atoms with van der Waals surface area (Å²) in [5.41, 5.74) is 7.20. The quantitative estimate of drug-likeness (QED) is 0.538. The molecule has 0 fully saturated rings. The number of hydrogen-bond donors (Lipinski definition) is 0. The maximum absolute atomic E-state index is 2.42. The maximum Gasteiger partial charge on any atom is 0.129 e. The van der Waals surface area contributed by atoms with Crippen molar-refractivity contribution in [3.8, 4) is 0 Å². The SMILES string of the molecule is CC1=C(c2cccc(C)c2)C(C)C([SiH](c2ccccc2)c2ccccc2)=C1C. The van der Waals surface area contributed by atoms with Crippen LogP contribution in [0.2, 0.25) is 0 Å². The highest BCUT2D eigenvalue weighted by Gasteiger charge is 2.34. The lowest BCUT2D eigenvalue weighted by Gasteiger charge is -2.25. The minimum Gasteiger partial charge on any atom is -0.0640 e. The molecule has 1 aliphatic carbocycles. The van der Waals surface area contributed by atoms with Crippen molar-refractivity contribution in [2.75, 3.05) is 0 Å². The summed E-state index contributed by atoms with van der Waals surface area (Å²) >= 11 is 0. The molecule has 0 radical (unpaired) electrons. The number of allylic oxidation sites excluding steroid dienone is 4. The molecule has 28 heavy (non-hydrogen) atoms. The molecule has 0 aliphatic heterocycles. The highest BCUT2D eigenvalue weighted by Crippen LogP contribution is 2.43. The van der Waals surface area contributed by atoms with Crippen LogP contribution in [0.3, 0.4) is 0 Å². The molecule has 0 spiro atoms. The van der Waals surface area contributed by atoms with Crippen LogP contribution in [0.25, 0.3) is 5.57 Å². The summed E-state index contributed by atoms with van der Waals surface area (Å²) in [6, 6.07) is 31.3. The van der Waals surface area contributed by atoms with Gasteiger partial charge in [0.25, 0.3) is 0 Å². The summed E-state index contributed by atoms with van der Waals surface area (Å²) in [5.74, 6) is 0.457. The lowest BCUT2D eigenvalue weighted by atomic mass is 9.93. The zero-order chi connectivity index (χ0) is 19.7. The number of aryl methyl sites for hydroxylation is 1. The Morgan fingerprint density at radius 3 is 1.75 bits per heavy atom. The minimum absolute atomic E-state index is 0.457. The first-order valence-electron chi connectivity index (χ1n) is 10.2. The summed E-state index contributed by atoms with van der Waals surface area (Å²) in [6.07, 6.45) is 0. The van der Waals surface area contributed by atoms with Crippen LogP contribution >= 0.6 is 0 Å². The van der Waals surface area contributed by atoms with E-state index in [1.807, 2.05) is 0 Å². The fourth-order valence-electron chi connectivity index (χ4n) is 4.81. The molecule has 3 aromatic rings. The molecular formula is C27H28Si. The summed E-state index contributed by atoms with van der Waals surface area (Å²) in [4.78, 5) is 0. The Labute approximate surface area is 170 Å². The van der Waals surface area contributed by atoms with Crippen molar-refractivity contribution >= 4 is 24.7 Å². The van der Waals surface area contributed by atoms with Gasteiger partial charge in [-0.2, -0.15) is 0 Å². The van der Waals surface area contributed by atoms with E-state index in [2.05, 4.69) is 113 Å². The summed E-state index contributed by atoms with van der Waals surface area (Å²) in [7, 11) is -1.49. The Bertz CT molecular complexity index is 1000. The van der Waals surface area contributed by atoms with E-state index in [1.54, 1.807) is 5.20 Å². The topological polar surface area (TPSA) is 0 Å². The van der Waals surface area contributed by atoms with Crippen LogP contribution in [-0.2, 0) is 0 Å². The average Bonchev–Trinajstić information content (AvgIpc) is 2.93. The number of rotatable bonds is 4. The lowest BCUT2D eigenvalue weighted by molar-refractivity contribution is 0.947. The largest absolute Gasteiger partial charge is 0.129 e. The molecule has 0 N–H and O–H groups in total. The molecule has 3 aromatic carbocycles. The van der Waals surface area contributed by atoms with Crippen LogP contribution in [0.1, 0.15) is 31.9 Å². The molecule has 0 saturated carbocycles. The molecule has 0 saturated heterocycles. The molecule has 1 heteroatoms. The highest BCUT2D eigenvalue weighted by molar-refractivity contribution is 6.91. The van der Waals surface area contributed by atoms with Crippen molar-refractivity contribution in [3.05, 3.63) is 112 Å². The third-order valence-electron chi connectivity index (χ3n) is 6.20. The first-order chi connectivity index (χ1) is 13.6. The van der Waals surface area contributed by atoms with Crippen LogP contribution in [-0.4, -0.2) is 8.80 Å². The number of benzene rings is 3. The predicted molar refractivity (Wildman–Crippen MR) is 125 cm³/mol. The third-order valence-corrected chi connectivity index (χ3v) is 9.86. The monoisotopic (exact) mass is 380 g/mol. The van der Waals surface area contributed by atoms with Crippen molar-refractivity contribution in [2.24, 2.45) is 5.92 Å². The molecule has 1 unspecified atom stereocenters. The normalized spacial score (nSPS) is 17.0. The van der Waals surface area contributed by atoms with E-state index in [9.17, 15) is 0 Å². The van der Waals surface area contributed by atoms with Crippen LogP contribution in [0, 0.1) is 12.8 Å². The van der Waals surface area contributed by atoms with E-state index in [0.717, 1.165) is 0 Å². The van der Waals surface area contributed by atoms with Gasteiger partial charge in [0.1, 0.15) is 8.80 Å². The van der Waals surface area contributed by atoms with Gasteiger partial charge < -0.3 is 0 Å². The Hall–Kier alpha value is -2.64. The molecule has 1 aliphatic rings. The van der Waals surface area contributed by atoms with Gasteiger partial charge in [-0.1, -0.05) is 119 Å². The fourth-order valence-corrected chi connectivity index (χ4v) is 8.45. The van der Waals surface area contributed by atoms with Gasteiger partial charge in [-0.25, -0.2) is 0 Å². The van der Waals surface area contributed by atoms with Crippen molar-refractivity contribution < 1.29 is 0 Å². The van der Waals surface area contributed by atoms with Crippen LogP contribution < -0.4 is 10.4 Å². The Morgan fingerprint density at radius 1 is 0.643 bits per heavy atom. The van der Waals surface area contributed by atoms with Crippen LogP contribution in [0.15, 0.2) is 101 Å². The first kappa shape index (κ1) is 18.7. The van der Waals surface area contributed by atoms with Crippen LogP contribution in [0.5, 0.6) is 0 Å². The van der Waals surface area contributed by atoms with Crippen molar-refractivity contribution in [3.63, 3.8) is 0 Å². The molecule has 4 rings (SSSR count). The van der Waals surface area contributed by atoms with Crippen molar-refractivity contribution in [2.45, 2.75) is 27.7 Å². The number of hydrogen-bond acceptors (Lipinski definition) is 0. The van der Waals surface area contributed by atoms with Gasteiger partial charge in [-0.15, -0.1) is 0 Å². The summed E-state index contributed by atoms with van der Waals surface area (Å²) < 4.78 is 0. The zero-order valence-electron chi connectivity index (χ0n) is 17.2. The summed E-state index contributed by atoms with van der Waals surface area (Å²) in [6.45, 7) is 9.26. The second kappa shape index (κ2) is 7.77. The Morgan fingerprint density at radius 2 is 1.21 bits per heavy atom. The van der Waals surface area contributed by atoms with Gasteiger partial charge in [0.2, 0.25) is 0 Å². The fraction of sp³-hybridized carbons (Fsp3) is 0.185. The van der Waals surface area contributed by atoms with Gasteiger partial charge in [-0.3, -0.25) is 0 Å². The maximum atomic E-state index is 2.42. The van der Waals surface area contributed by atoms with E-state index in [1.165, 1.54) is 38.2 Å². The second-order valence-electron chi connectivity index (χ2n) is 7.96. The molecule has 0 aromatic heterocycles. The Kier molecular flexibility index (Phi) is 5.19. The highest BCUT2D eigenvalue weighted by atomic mass is 28.3. The Balaban J connectivity index is 1.85. The molecule has 0 amide bonds. The molecule has 1 atom stereocenters. The van der Waals surface area contributed by atoms with Crippen molar-refractivity contribution in [1.29, 1.82) is 0 Å². The van der Waals surface area contributed by atoms with E-state index in [0.29, 0.717) is 5.92 Å². The summed E-state index contributed by atoms with van der Waals surface area (Å²) in [5, 5.41) is 4.69. The van der Waals surface area contributed by atoms with E-state index in [-0.39, 0.29) is 0 Å². The third kappa shape index (κ3) is 3.31. The molecule has 0 nitrogen and oxygen atoms in total. The van der Waals surface area contributed by atoms with Gasteiger partial charge in [-0.05, 0) is 37.5 Å². The van der Waals surface area contributed by atoms with Gasteiger partial charge in [0.15, 0.2) is 0 Å². The molecule has 0 heterocycles. The smallest absolute Gasteiger partial charge is 0.0640 e. The molecule has 140 valence electrons. The zero-order valence-corrected chi connectivity index (χ0v) is 18.4. The predicted octanol–water partition coefficient (Wildman–Crippen LogP) is 5.32. The first-order valence-corrected chi connectivity index (χ1v) is 11.9. The van der Waals surface area contributed by atoms with Gasteiger partial charge in [0, 0.05) is 5.92 Å². The van der Waals surface area contributed by atoms with Crippen molar-refractivity contribution in [1.82, 2.24) is 0 Å². The van der Waals surface area contributed by atoms with Crippen LogP contribution in [0.4, 0.5) is 0 Å². The van der Waals surface area contributed by atoms with E-state index >= 15 is 0 Å². The van der Waals surface area contributed by atoms with Gasteiger partial charge in [0.05, 0.1) is 0 Å².